The van der Waals surface area contributed by atoms with Crippen LogP contribution < -0.4 is 4.74 Å². The summed E-state index contributed by atoms with van der Waals surface area (Å²) < 4.78 is 10.2. The molecular formula is C14H19ClO3. The second kappa shape index (κ2) is 7.39. The number of carbonyl (C=O) groups is 1. The molecule has 1 aromatic rings. The van der Waals surface area contributed by atoms with Crippen molar-refractivity contribution in [1.82, 2.24) is 0 Å². The van der Waals surface area contributed by atoms with Gasteiger partial charge in [0.15, 0.2) is 0 Å². The number of rotatable bonds is 7. The highest BCUT2D eigenvalue weighted by atomic mass is 35.5. The fourth-order valence-electron chi connectivity index (χ4n) is 1.90. The Labute approximate surface area is 113 Å². The maximum atomic E-state index is 11.9. The number of benzene rings is 1. The van der Waals surface area contributed by atoms with Crippen LogP contribution in [0.2, 0.25) is 5.02 Å². The van der Waals surface area contributed by atoms with Crippen molar-refractivity contribution in [1.29, 1.82) is 0 Å². The molecule has 0 heterocycles. The summed E-state index contributed by atoms with van der Waals surface area (Å²) in [5, 5.41) is 0.614. The highest BCUT2D eigenvalue weighted by Gasteiger charge is 2.13. The first-order valence-electron chi connectivity index (χ1n) is 5.89. The van der Waals surface area contributed by atoms with Gasteiger partial charge >= 0.3 is 0 Å². The molecule has 1 atom stereocenters. The monoisotopic (exact) mass is 270 g/mol. The van der Waals surface area contributed by atoms with E-state index >= 15 is 0 Å². The standard InChI is InChI=1S/C14H19ClO3/c1-10(9-17-2)6-13(16)8-11-7-12(15)4-5-14(11)18-3/h4-5,7,10H,6,8-9H2,1-3H3. The van der Waals surface area contributed by atoms with Crippen LogP contribution in [0.15, 0.2) is 18.2 Å². The van der Waals surface area contributed by atoms with Crippen molar-refractivity contribution in [2.75, 3.05) is 20.8 Å². The molecule has 0 aromatic heterocycles. The van der Waals surface area contributed by atoms with E-state index < -0.39 is 0 Å². The van der Waals surface area contributed by atoms with Crippen LogP contribution in [0, 0.1) is 5.92 Å². The minimum atomic E-state index is 0.167. The van der Waals surface area contributed by atoms with Crippen molar-refractivity contribution in [2.45, 2.75) is 19.8 Å². The van der Waals surface area contributed by atoms with E-state index in [-0.39, 0.29) is 11.7 Å². The Bertz CT molecular complexity index is 404. The number of hydrogen-bond acceptors (Lipinski definition) is 3. The zero-order valence-corrected chi connectivity index (χ0v) is 11.8. The topological polar surface area (TPSA) is 35.5 Å². The van der Waals surface area contributed by atoms with Crippen LogP contribution in [0.25, 0.3) is 0 Å². The molecular weight excluding hydrogens is 252 g/mol. The van der Waals surface area contributed by atoms with Gasteiger partial charge in [0.1, 0.15) is 11.5 Å². The fraction of sp³-hybridized carbons (Fsp3) is 0.500. The predicted octanol–water partition coefficient (Wildman–Crippen LogP) is 3.13. The maximum Gasteiger partial charge on any atom is 0.137 e. The number of methoxy groups -OCH3 is 2. The van der Waals surface area contributed by atoms with E-state index in [9.17, 15) is 4.79 Å². The smallest absolute Gasteiger partial charge is 0.137 e. The first-order chi connectivity index (χ1) is 8.56. The van der Waals surface area contributed by atoms with Crippen molar-refractivity contribution >= 4 is 17.4 Å². The summed E-state index contributed by atoms with van der Waals surface area (Å²) in [4.78, 5) is 11.9. The minimum Gasteiger partial charge on any atom is -0.496 e. The first-order valence-corrected chi connectivity index (χ1v) is 6.27. The molecule has 0 aliphatic heterocycles. The Kier molecular flexibility index (Phi) is 6.16. The molecule has 0 aliphatic carbocycles. The first kappa shape index (κ1) is 15.0. The average Bonchev–Trinajstić information content (AvgIpc) is 2.29. The van der Waals surface area contributed by atoms with E-state index in [0.29, 0.717) is 30.2 Å². The van der Waals surface area contributed by atoms with Gasteiger partial charge in [-0.05, 0) is 24.1 Å². The average molecular weight is 271 g/mol. The summed E-state index contributed by atoms with van der Waals surface area (Å²) in [7, 11) is 3.23. The van der Waals surface area contributed by atoms with Gasteiger partial charge in [-0.3, -0.25) is 4.79 Å². The molecule has 0 saturated heterocycles. The lowest BCUT2D eigenvalue weighted by Gasteiger charge is -2.11. The molecule has 100 valence electrons. The van der Waals surface area contributed by atoms with E-state index in [4.69, 9.17) is 21.1 Å². The molecule has 0 bridgehead atoms. The number of ketones is 1. The lowest BCUT2D eigenvalue weighted by atomic mass is 10.00. The van der Waals surface area contributed by atoms with Crippen LogP contribution in [-0.4, -0.2) is 26.6 Å². The van der Waals surface area contributed by atoms with Crippen molar-refractivity contribution in [2.24, 2.45) is 5.92 Å². The molecule has 0 fully saturated rings. The van der Waals surface area contributed by atoms with Gasteiger partial charge in [0.05, 0.1) is 7.11 Å². The van der Waals surface area contributed by atoms with Crippen molar-refractivity contribution < 1.29 is 14.3 Å². The Morgan fingerprint density at radius 1 is 1.39 bits per heavy atom. The molecule has 0 spiro atoms. The van der Waals surface area contributed by atoms with E-state index in [2.05, 4.69) is 0 Å². The van der Waals surface area contributed by atoms with Crippen LogP contribution in [0.5, 0.6) is 5.75 Å². The largest absolute Gasteiger partial charge is 0.496 e. The van der Waals surface area contributed by atoms with Gasteiger partial charge in [-0.15, -0.1) is 0 Å². The zero-order chi connectivity index (χ0) is 13.5. The van der Waals surface area contributed by atoms with Crippen LogP contribution in [-0.2, 0) is 16.0 Å². The molecule has 3 nitrogen and oxygen atoms in total. The number of hydrogen-bond donors (Lipinski definition) is 0. The van der Waals surface area contributed by atoms with Gasteiger partial charge in [-0.2, -0.15) is 0 Å². The lowest BCUT2D eigenvalue weighted by Crippen LogP contribution is -2.12. The van der Waals surface area contributed by atoms with E-state index in [0.717, 1.165) is 5.56 Å². The summed E-state index contributed by atoms with van der Waals surface area (Å²) in [5.41, 5.74) is 0.833. The SMILES string of the molecule is COCC(C)CC(=O)Cc1cc(Cl)ccc1OC. The molecule has 1 rings (SSSR count). The quantitative estimate of drug-likeness (QED) is 0.764. The number of halogens is 1. The molecule has 0 radical (unpaired) electrons. The van der Waals surface area contributed by atoms with E-state index in [1.54, 1.807) is 32.4 Å². The number of carbonyl (C=O) groups excluding carboxylic acids is 1. The number of ether oxygens (including phenoxy) is 2. The van der Waals surface area contributed by atoms with Gasteiger partial charge in [0, 0.05) is 37.1 Å². The van der Waals surface area contributed by atoms with Crippen LogP contribution in [0.3, 0.4) is 0 Å². The zero-order valence-electron chi connectivity index (χ0n) is 11.0. The van der Waals surface area contributed by atoms with Crippen LogP contribution >= 0.6 is 11.6 Å². The summed E-state index contributed by atoms with van der Waals surface area (Å²) in [6.45, 7) is 2.59. The number of Topliss-reactive ketones (excluding diaryl/α,β-unsaturated/α-hetero) is 1. The Morgan fingerprint density at radius 3 is 2.72 bits per heavy atom. The van der Waals surface area contributed by atoms with Gasteiger partial charge in [0.2, 0.25) is 0 Å². The van der Waals surface area contributed by atoms with E-state index in [1.807, 2.05) is 6.92 Å². The van der Waals surface area contributed by atoms with Crippen molar-refractivity contribution in [3.63, 3.8) is 0 Å². The predicted molar refractivity (Wildman–Crippen MR) is 72.4 cm³/mol. The van der Waals surface area contributed by atoms with Gasteiger partial charge in [-0.1, -0.05) is 18.5 Å². The van der Waals surface area contributed by atoms with Gasteiger partial charge < -0.3 is 9.47 Å². The Morgan fingerprint density at radius 2 is 2.11 bits per heavy atom. The molecule has 18 heavy (non-hydrogen) atoms. The van der Waals surface area contributed by atoms with Crippen LogP contribution in [0.1, 0.15) is 18.9 Å². The highest BCUT2D eigenvalue weighted by Crippen LogP contribution is 2.23. The summed E-state index contributed by atoms with van der Waals surface area (Å²) in [6, 6.07) is 5.31. The fourth-order valence-corrected chi connectivity index (χ4v) is 2.10. The molecule has 4 heteroatoms. The van der Waals surface area contributed by atoms with Gasteiger partial charge in [0.25, 0.3) is 0 Å². The Balaban J connectivity index is 2.66. The third-order valence-corrected chi connectivity index (χ3v) is 2.89. The van der Waals surface area contributed by atoms with Crippen molar-refractivity contribution in [3.8, 4) is 5.75 Å². The summed E-state index contributed by atoms with van der Waals surface area (Å²) >= 11 is 5.93. The van der Waals surface area contributed by atoms with Gasteiger partial charge in [-0.25, -0.2) is 0 Å². The van der Waals surface area contributed by atoms with Crippen molar-refractivity contribution in [3.05, 3.63) is 28.8 Å². The molecule has 0 saturated carbocycles. The van der Waals surface area contributed by atoms with E-state index in [1.165, 1.54) is 0 Å². The highest BCUT2D eigenvalue weighted by molar-refractivity contribution is 6.30. The minimum absolute atomic E-state index is 0.167. The molecule has 0 N–H and O–H groups in total. The summed E-state index contributed by atoms with van der Waals surface area (Å²) in [5.74, 6) is 1.10. The molecule has 0 aliphatic rings. The second-order valence-corrected chi connectivity index (χ2v) is 4.87. The molecule has 1 unspecified atom stereocenters. The molecule has 1 aromatic carbocycles. The Hall–Kier alpha value is -1.06. The van der Waals surface area contributed by atoms with Crippen LogP contribution in [0.4, 0.5) is 0 Å². The summed E-state index contributed by atoms with van der Waals surface area (Å²) in [6.07, 6.45) is 0.849. The molecule has 0 amide bonds. The maximum absolute atomic E-state index is 11.9. The third-order valence-electron chi connectivity index (χ3n) is 2.66. The second-order valence-electron chi connectivity index (χ2n) is 4.44. The third kappa shape index (κ3) is 4.67. The normalized spacial score (nSPS) is 12.2. The lowest BCUT2D eigenvalue weighted by molar-refractivity contribution is -0.119.